The SMILES string of the molecule is N#Cc1c(Cl)c(Br)cc(Br)c1N1C(N)=NC(N)=NC12CCCCC2. The molecule has 4 N–H and O–H groups in total. The molecule has 1 aromatic carbocycles. The fourth-order valence-electron chi connectivity index (χ4n) is 3.35. The minimum absolute atomic E-state index is 0.170. The summed E-state index contributed by atoms with van der Waals surface area (Å²) in [7, 11) is 0. The van der Waals surface area contributed by atoms with Crippen LogP contribution >= 0.6 is 43.5 Å². The third kappa shape index (κ3) is 2.79. The van der Waals surface area contributed by atoms with E-state index in [1.54, 1.807) is 6.07 Å². The molecule has 0 radical (unpaired) electrons. The molecule has 0 saturated heterocycles. The van der Waals surface area contributed by atoms with E-state index in [1.165, 1.54) is 0 Å². The van der Waals surface area contributed by atoms with Crippen LogP contribution in [-0.2, 0) is 0 Å². The molecule has 24 heavy (non-hydrogen) atoms. The number of rotatable bonds is 1. The maximum Gasteiger partial charge on any atom is 0.220 e. The first-order valence-corrected chi connectivity index (χ1v) is 9.43. The number of hydrogen-bond donors (Lipinski definition) is 2. The average Bonchev–Trinajstić information content (AvgIpc) is 2.52. The van der Waals surface area contributed by atoms with Crippen LogP contribution in [0.2, 0.25) is 5.02 Å². The van der Waals surface area contributed by atoms with E-state index in [9.17, 15) is 5.26 Å². The van der Waals surface area contributed by atoms with E-state index in [4.69, 9.17) is 23.1 Å². The lowest BCUT2D eigenvalue weighted by Crippen LogP contribution is -2.58. The zero-order valence-corrected chi connectivity index (χ0v) is 16.6. The Morgan fingerprint density at radius 1 is 1.21 bits per heavy atom. The molecular weight excluding hydrogens is 459 g/mol. The van der Waals surface area contributed by atoms with Gasteiger partial charge in [0.2, 0.25) is 11.9 Å². The predicted molar refractivity (Wildman–Crippen MR) is 103 cm³/mol. The Labute approximate surface area is 161 Å². The molecule has 1 spiro atoms. The van der Waals surface area contributed by atoms with Gasteiger partial charge in [-0.25, -0.2) is 4.99 Å². The maximum absolute atomic E-state index is 9.66. The van der Waals surface area contributed by atoms with Gasteiger partial charge in [0.25, 0.3) is 0 Å². The molecule has 2 aliphatic rings. The van der Waals surface area contributed by atoms with Crippen molar-refractivity contribution in [3.63, 3.8) is 0 Å². The summed E-state index contributed by atoms with van der Waals surface area (Å²) in [5, 5.41) is 9.99. The van der Waals surface area contributed by atoms with Gasteiger partial charge in [0.15, 0.2) is 0 Å². The van der Waals surface area contributed by atoms with Gasteiger partial charge in [0, 0.05) is 8.95 Å². The second-order valence-corrected chi connectivity index (χ2v) is 7.89. The van der Waals surface area contributed by atoms with Crippen LogP contribution in [0.4, 0.5) is 5.69 Å². The highest BCUT2D eigenvalue weighted by atomic mass is 79.9. The van der Waals surface area contributed by atoms with Gasteiger partial charge in [-0.05, 0) is 63.6 Å². The van der Waals surface area contributed by atoms with Crippen molar-refractivity contribution in [2.24, 2.45) is 21.5 Å². The zero-order chi connectivity index (χ0) is 17.5. The van der Waals surface area contributed by atoms with Gasteiger partial charge in [-0.15, -0.1) is 0 Å². The molecule has 9 heteroatoms. The van der Waals surface area contributed by atoms with Crippen molar-refractivity contribution in [2.75, 3.05) is 4.90 Å². The standard InChI is InChI=1S/C15H15Br2ClN6/c16-9-6-10(17)12(8(7-19)11(9)18)24-14(21)22-13(20)23-15(24)4-2-1-3-5-15/h6H,1-5H2,(H4,20,21,22,23). The molecule has 1 aromatic rings. The molecule has 1 fully saturated rings. The first-order chi connectivity index (χ1) is 11.4. The Kier molecular flexibility index (Phi) is 4.78. The molecule has 0 amide bonds. The topological polar surface area (TPSA) is 104 Å². The number of halogens is 3. The Balaban J connectivity index is 2.26. The van der Waals surface area contributed by atoms with Gasteiger partial charge in [-0.2, -0.15) is 10.3 Å². The smallest absolute Gasteiger partial charge is 0.220 e. The summed E-state index contributed by atoms with van der Waals surface area (Å²) in [5.41, 5.74) is 12.4. The van der Waals surface area contributed by atoms with Crippen molar-refractivity contribution >= 4 is 61.1 Å². The maximum atomic E-state index is 9.66. The molecule has 6 nitrogen and oxygen atoms in total. The normalized spacial score (nSPS) is 19.7. The molecule has 0 aromatic heterocycles. The summed E-state index contributed by atoms with van der Waals surface area (Å²) in [4.78, 5) is 10.5. The molecule has 126 valence electrons. The van der Waals surface area contributed by atoms with Crippen LogP contribution in [0.25, 0.3) is 0 Å². The Bertz CT molecular complexity index is 792. The van der Waals surface area contributed by atoms with Crippen LogP contribution in [0.3, 0.4) is 0 Å². The summed E-state index contributed by atoms with van der Waals surface area (Å²) in [6.45, 7) is 0. The second-order valence-electron chi connectivity index (χ2n) is 5.81. The second kappa shape index (κ2) is 6.54. The minimum atomic E-state index is -0.626. The first-order valence-electron chi connectivity index (χ1n) is 7.47. The number of anilines is 1. The van der Waals surface area contributed by atoms with Gasteiger partial charge in [-0.1, -0.05) is 18.0 Å². The van der Waals surface area contributed by atoms with Gasteiger partial charge in [-0.3, -0.25) is 4.90 Å². The summed E-state index contributed by atoms with van der Waals surface area (Å²) < 4.78 is 1.32. The fourth-order valence-corrected chi connectivity index (χ4v) is 4.88. The van der Waals surface area contributed by atoms with Crippen molar-refractivity contribution in [3.05, 3.63) is 25.6 Å². The summed E-state index contributed by atoms with van der Waals surface area (Å²) in [5.74, 6) is 0.392. The van der Waals surface area contributed by atoms with Crippen LogP contribution in [-0.4, -0.2) is 17.6 Å². The third-order valence-corrected chi connectivity index (χ3v) is 6.18. The molecule has 1 saturated carbocycles. The zero-order valence-electron chi connectivity index (χ0n) is 12.7. The van der Waals surface area contributed by atoms with Crippen LogP contribution < -0.4 is 16.4 Å². The van der Waals surface area contributed by atoms with E-state index < -0.39 is 5.66 Å². The number of nitrogens with zero attached hydrogens (tertiary/aromatic N) is 4. The minimum Gasteiger partial charge on any atom is -0.369 e. The highest BCUT2D eigenvalue weighted by Crippen LogP contribution is 2.46. The number of nitriles is 1. The quantitative estimate of drug-likeness (QED) is 0.604. The third-order valence-electron chi connectivity index (χ3n) is 4.33. The van der Waals surface area contributed by atoms with Gasteiger partial charge in [0.05, 0.1) is 16.3 Å². The van der Waals surface area contributed by atoms with Crippen LogP contribution in [0.5, 0.6) is 0 Å². The fraction of sp³-hybridized carbons (Fsp3) is 0.400. The number of benzene rings is 1. The number of aliphatic imine (C=N–C) groups is 2. The molecule has 1 heterocycles. The van der Waals surface area contributed by atoms with Crippen LogP contribution in [0, 0.1) is 11.3 Å². The lowest BCUT2D eigenvalue weighted by atomic mass is 9.87. The predicted octanol–water partition coefficient (Wildman–Crippen LogP) is 3.85. The van der Waals surface area contributed by atoms with Crippen molar-refractivity contribution in [2.45, 2.75) is 37.8 Å². The van der Waals surface area contributed by atoms with E-state index in [0.717, 1.165) is 32.1 Å². The van der Waals surface area contributed by atoms with Crippen molar-refractivity contribution in [1.82, 2.24) is 0 Å². The Morgan fingerprint density at radius 2 is 1.88 bits per heavy atom. The molecule has 1 aliphatic carbocycles. The summed E-state index contributed by atoms with van der Waals surface area (Å²) >= 11 is 13.2. The lowest BCUT2D eigenvalue weighted by Gasteiger charge is -2.46. The van der Waals surface area contributed by atoms with Crippen LogP contribution in [0.15, 0.2) is 25.0 Å². The largest absolute Gasteiger partial charge is 0.369 e. The number of guanidine groups is 2. The molecule has 0 bridgehead atoms. The summed E-state index contributed by atoms with van der Waals surface area (Å²) in [6, 6.07) is 3.97. The molecular formula is C15H15Br2ClN6. The first kappa shape index (κ1) is 17.5. The molecule has 1 aliphatic heterocycles. The Hall–Kier alpha value is -1.30. The van der Waals surface area contributed by atoms with E-state index in [1.807, 2.05) is 4.90 Å². The van der Waals surface area contributed by atoms with Gasteiger partial charge >= 0.3 is 0 Å². The summed E-state index contributed by atoms with van der Waals surface area (Å²) in [6.07, 6.45) is 4.72. The van der Waals surface area contributed by atoms with Crippen molar-refractivity contribution in [3.8, 4) is 6.07 Å². The van der Waals surface area contributed by atoms with E-state index in [-0.39, 0.29) is 11.9 Å². The molecule has 0 atom stereocenters. The van der Waals surface area contributed by atoms with Crippen molar-refractivity contribution in [1.29, 1.82) is 5.26 Å². The highest BCUT2D eigenvalue weighted by Gasteiger charge is 2.44. The van der Waals surface area contributed by atoms with Gasteiger partial charge < -0.3 is 11.5 Å². The highest BCUT2D eigenvalue weighted by molar-refractivity contribution is 9.11. The average molecular weight is 475 g/mol. The van der Waals surface area contributed by atoms with E-state index >= 15 is 0 Å². The number of nitrogens with two attached hydrogens (primary N) is 2. The lowest BCUT2D eigenvalue weighted by molar-refractivity contribution is 0.305. The number of hydrogen-bond acceptors (Lipinski definition) is 6. The van der Waals surface area contributed by atoms with E-state index in [0.29, 0.717) is 25.2 Å². The molecule has 0 unspecified atom stereocenters. The van der Waals surface area contributed by atoms with Crippen molar-refractivity contribution < 1.29 is 0 Å². The molecule has 3 rings (SSSR count). The van der Waals surface area contributed by atoms with E-state index in [2.05, 4.69) is 47.9 Å². The monoisotopic (exact) mass is 472 g/mol. The Morgan fingerprint density at radius 3 is 2.50 bits per heavy atom. The van der Waals surface area contributed by atoms with Crippen LogP contribution in [0.1, 0.15) is 37.7 Å². The van der Waals surface area contributed by atoms with Gasteiger partial charge in [0.1, 0.15) is 11.7 Å².